The quantitative estimate of drug-likeness (QED) is 0.307. The van der Waals surface area contributed by atoms with Crippen LogP contribution in [0.3, 0.4) is 0 Å². The summed E-state index contributed by atoms with van der Waals surface area (Å²) in [4.78, 5) is 47.4. The third-order valence-corrected chi connectivity index (χ3v) is 1.60. The second kappa shape index (κ2) is 9.10. The Hall–Kier alpha value is -1.97. The van der Waals surface area contributed by atoms with E-state index in [0.717, 1.165) is 6.92 Å². The van der Waals surface area contributed by atoms with Crippen LogP contribution in [0.25, 0.3) is 0 Å². The average Bonchev–Trinajstić information content (AvgIpc) is 2.31. The topological polar surface area (TPSA) is 126 Å². The minimum Gasteiger partial charge on any atom is -0.347 e. The maximum absolute atomic E-state index is 11.1. The molecule has 0 radical (unpaired) electrons. The predicted molar refractivity (Wildman–Crippen MR) is 63.1 cm³/mol. The zero-order valence-electron chi connectivity index (χ0n) is 9.61. The minimum absolute atomic E-state index is 0.189. The van der Waals surface area contributed by atoms with Gasteiger partial charge in [-0.05, 0) is 5.75 Å². The Labute approximate surface area is 108 Å². The fourth-order valence-electron chi connectivity index (χ4n) is 0.677. The maximum Gasteiger partial charge on any atom is 0.450 e. The molecule has 10 heteroatoms. The Morgan fingerprint density at radius 3 is 2.33 bits per heavy atom. The highest BCUT2D eigenvalue weighted by Gasteiger charge is 2.07. The highest BCUT2D eigenvalue weighted by atomic mass is 32.1. The lowest BCUT2D eigenvalue weighted by atomic mass is 10.4. The van der Waals surface area contributed by atoms with Crippen LogP contribution in [0.5, 0.6) is 0 Å². The number of hydrogen-bond donors (Lipinski definition) is 5. The Kier molecular flexibility index (Phi) is 8.10. The van der Waals surface area contributed by atoms with Crippen molar-refractivity contribution in [2.45, 2.75) is 13.3 Å². The van der Waals surface area contributed by atoms with Gasteiger partial charge in [-0.1, -0.05) is 0 Å². The molecule has 0 spiro atoms. The lowest BCUT2D eigenvalue weighted by molar-refractivity contribution is -0.128. The summed E-state index contributed by atoms with van der Waals surface area (Å²) >= 11 is 3.84. The van der Waals surface area contributed by atoms with Crippen LogP contribution >= 0.6 is 12.6 Å². The highest BCUT2D eigenvalue weighted by Crippen LogP contribution is 1.82. The molecule has 0 aromatic carbocycles. The standard InChI is InChI=1S/C8H14N4O5S/c1-5(13)12-17-8(16)11-10-7(15)4-9-6(14)2-3-18/h18H,2-4H2,1H3,(H,9,14)(H,10,15)(H,11,16)(H,12,13). The third-order valence-electron chi connectivity index (χ3n) is 1.38. The van der Waals surface area contributed by atoms with Crippen molar-refractivity contribution in [2.24, 2.45) is 0 Å². The van der Waals surface area contributed by atoms with E-state index in [4.69, 9.17) is 0 Å². The fraction of sp³-hybridized carbons (Fsp3) is 0.500. The van der Waals surface area contributed by atoms with Crippen molar-refractivity contribution < 1.29 is 24.0 Å². The number of hydroxylamine groups is 1. The molecule has 0 atom stereocenters. The lowest BCUT2D eigenvalue weighted by Gasteiger charge is -2.08. The second-order valence-electron chi connectivity index (χ2n) is 2.97. The molecule has 0 saturated heterocycles. The van der Waals surface area contributed by atoms with E-state index in [1.54, 1.807) is 5.48 Å². The van der Waals surface area contributed by atoms with Gasteiger partial charge in [-0.2, -0.15) is 18.1 Å². The van der Waals surface area contributed by atoms with Crippen molar-refractivity contribution in [2.75, 3.05) is 12.3 Å². The van der Waals surface area contributed by atoms with Gasteiger partial charge in [0.05, 0.1) is 6.54 Å². The minimum atomic E-state index is -1.07. The van der Waals surface area contributed by atoms with Crippen LogP contribution in [0.4, 0.5) is 4.79 Å². The van der Waals surface area contributed by atoms with Crippen molar-refractivity contribution >= 4 is 36.4 Å². The molecule has 0 aromatic heterocycles. The SMILES string of the molecule is CC(=O)NOC(=O)NNC(=O)CNC(=O)CCS. The largest absolute Gasteiger partial charge is 0.450 e. The van der Waals surface area contributed by atoms with Crippen LogP contribution < -0.4 is 21.6 Å². The van der Waals surface area contributed by atoms with E-state index in [0.29, 0.717) is 5.75 Å². The van der Waals surface area contributed by atoms with E-state index in [-0.39, 0.29) is 18.9 Å². The summed E-state index contributed by atoms with van der Waals surface area (Å²) < 4.78 is 0. The van der Waals surface area contributed by atoms with Crippen LogP contribution in [0, 0.1) is 0 Å². The van der Waals surface area contributed by atoms with Gasteiger partial charge in [-0.25, -0.2) is 10.2 Å². The molecular weight excluding hydrogens is 264 g/mol. The Morgan fingerprint density at radius 2 is 1.78 bits per heavy atom. The summed E-state index contributed by atoms with van der Waals surface area (Å²) in [6.45, 7) is 0.843. The van der Waals surface area contributed by atoms with Gasteiger partial charge in [0.25, 0.3) is 5.91 Å². The van der Waals surface area contributed by atoms with E-state index in [1.165, 1.54) is 0 Å². The fourth-order valence-corrected chi connectivity index (χ4v) is 0.881. The summed E-state index contributed by atoms with van der Waals surface area (Å²) in [6.07, 6.45) is -0.880. The number of hydrogen-bond acceptors (Lipinski definition) is 6. The van der Waals surface area contributed by atoms with E-state index >= 15 is 0 Å². The van der Waals surface area contributed by atoms with Gasteiger partial charge in [0.15, 0.2) is 0 Å². The van der Waals surface area contributed by atoms with Crippen molar-refractivity contribution in [1.82, 2.24) is 21.6 Å². The van der Waals surface area contributed by atoms with Crippen LogP contribution in [-0.2, 0) is 19.2 Å². The molecule has 0 unspecified atom stereocenters. The highest BCUT2D eigenvalue weighted by molar-refractivity contribution is 7.80. The van der Waals surface area contributed by atoms with Gasteiger partial charge in [0, 0.05) is 13.3 Å². The number of carbonyl (C=O) groups is 4. The molecule has 102 valence electrons. The number of rotatable bonds is 4. The first-order valence-electron chi connectivity index (χ1n) is 4.85. The molecule has 0 aliphatic heterocycles. The first-order valence-corrected chi connectivity index (χ1v) is 5.48. The summed E-state index contributed by atoms with van der Waals surface area (Å²) in [5, 5.41) is 2.30. The number of amides is 4. The Balaban J connectivity index is 3.67. The third kappa shape index (κ3) is 9.27. The van der Waals surface area contributed by atoms with Crippen LogP contribution in [0.1, 0.15) is 13.3 Å². The molecule has 4 amide bonds. The van der Waals surface area contributed by atoms with Crippen LogP contribution in [0.15, 0.2) is 0 Å². The van der Waals surface area contributed by atoms with Gasteiger partial charge in [0.1, 0.15) is 0 Å². The molecule has 9 nitrogen and oxygen atoms in total. The zero-order chi connectivity index (χ0) is 14.0. The van der Waals surface area contributed by atoms with E-state index < -0.39 is 17.9 Å². The summed E-state index contributed by atoms with van der Waals surface area (Å²) in [6, 6.07) is 0. The van der Waals surface area contributed by atoms with Gasteiger partial charge in [-0.3, -0.25) is 19.8 Å². The number of thiol groups is 1. The molecule has 0 aliphatic rings. The van der Waals surface area contributed by atoms with Crippen LogP contribution in [0.2, 0.25) is 0 Å². The van der Waals surface area contributed by atoms with E-state index in [2.05, 4.69) is 22.8 Å². The molecule has 4 N–H and O–H groups in total. The monoisotopic (exact) mass is 278 g/mol. The molecule has 0 rings (SSSR count). The summed E-state index contributed by atoms with van der Waals surface area (Å²) in [5.41, 5.74) is 5.56. The first-order chi connectivity index (χ1) is 8.45. The lowest BCUT2D eigenvalue weighted by Crippen LogP contribution is -2.47. The van der Waals surface area contributed by atoms with Gasteiger partial charge in [0.2, 0.25) is 11.8 Å². The molecular formula is C8H14N4O5S. The Morgan fingerprint density at radius 1 is 1.11 bits per heavy atom. The van der Waals surface area contributed by atoms with Gasteiger partial charge >= 0.3 is 6.09 Å². The van der Waals surface area contributed by atoms with Gasteiger partial charge < -0.3 is 10.2 Å². The maximum atomic E-state index is 11.1. The van der Waals surface area contributed by atoms with Crippen molar-refractivity contribution in [3.05, 3.63) is 0 Å². The normalized spacial score (nSPS) is 9.00. The summed E-state index contributed by atoms with van der Waals surface area (Å²) in [7, 11) is 0. The first kappa shape index (κ1) is 16.0. The number of carbonyl (C=O) groups excluding carboxylic acids is 4. The van der Waals surface area contributed by atoms with Crippen molar-refractivity contribution in [3.63, 3.8) is 0 Å². The molecule has 0 aliphatic carbocycles. The smallest absolute Gasteiger partial charge is 0.347 e. The molecule has 0 bridgehead atoms. The zero-order valence-corrected chi connectivity index (χ0v) is 10.5. The van der Waals surface area contributed by atoms with Crippen molar-refractivity contribution in [3.8, 4) is 0 Å². The van der Waals surface area contributed by atoms with E-state index in [9.17, 15) is 19.2 Å². The molecule has 18 heavy (non-hydrogen) atoms. The number of hydrazine groups is 1. The molecule has 0 fully saturated rings. The Bertz CT molecular complexity index is 335. The predicted octanol–water partition coefficient (Wildman–Crippen LogP) is -1.77. The summed E-state index contributed by atoms with van der Waals surface area (Å²) in [5.74, 6) is -1.19. The molecule has 0 saturated carbocycles. The molecule has 0 aromatic rings. The molecule has 0 heterocycles. The number of nitrogens with one attached hydrogen (secondary N) is 4. The van der Waals surface area contributed by atoms with E-state index in [1.807, 2.05) is 10.9 Å². The second-order valence-corrected chi connectivity index (χ2v) is 3.42. The van der Waals surface area contributed by atoms with Gasteiger partial charge in [-0.15, -0.1) is 0 Å². The van der Waals surface area contributed by atoms with Crippen molar-refractivity contribution in [1.29, 1.82) is 0 Å². The van der Waals surface area contributed by atoms with Crippen LogP contribution in [-0.4, -0.2) is 36.1 Å². The average molecular weight is 278 g/mol.